The molecule has 1 aliphatic heterocycles. The molecule has 5 rings (SSSR count). The number of fused-ring (bicyclic) bond motifs is 1. The quantitative estimate of drug-likeness (QED) is 0.493. The predicted molar refractivity (Wildman–Crippen MR) is 135 cm³/mol. The Morgan fingerprint density at radius 2 is 1.48 bits per heavy atom. The van der Waals surface area contributed by atoms with E-state index in [1.54, 1.807) is 6.33 Å². The molecular weight excluding hydrogens is 410 g/mol. The van der Waals surface area contributed by atoms with Crippen molar-refractivity contribution in [3.63, 3.8) is 0 Å². The average Bonchev–Trinajstić information content (AvgIpc) is 2.84. The van der Waals surface area contributed by atoms with Gasteiger partial charge in [-0.2, -0.15) is 0 Å². The monoisotopic (exact) mass is 437 g/mol. The second-order valence-corrected chi connectivity index (χ2v) is 8.50. The molecule has 0 radical (unpaired) electrons. The summed E-state index contributed by atoms with van der Waals surface area (Å²) in [6, 6.07) is 23.0. The molecule has 1 aromatic heterocycles. The first-order chi connectivity index (χ1) is 16.1. The van der Waals surface area contributed by atoms with Crippen LogP contribution >= 0.6 is 0 Å². The van der Waals surface area contributed by atoms with Gasteiger partial charge in [0.25, 0.3) is 0 Å². The van der Waals surface area contributed by atoms with Gasteiger partial charge in [-0.3, -0.25) is 4.79 Å². The van der Waals surface area contributed by atoms with Crippen LogP contribution in [0.1, 0.15) is 12.5 Å². The second-order valence-electron chi connectivity index (χ2n) is 8.50. The van der Waals surface area contributed by atoms with Crippen LogP contribution in [-0.4, -0.2) is 42.1 Å². The van der Waals surface area contributed by atoms with Gasteiger partial charge >= 0.3 is 0 Å². The number of piperazine rings is 1. The molecule has 3 aromatic carbocycles. The number of aromatic nitrogens is 2. The maximum Gasteiger partial charge on any atom is 0.221 e. The molecule has 1 amide bonds. The van der Waals surface area contributed by atoms with E-state index in [4.69, 9.17) is 0 Å². The van der Waals surface area contributed by atoms with E-state index < -0.39 is 0 Å². The third-order valence-corrected chi connectivity index (χ3v) is 6.13. The Kier molecular flexibility index (Phi) is 5.65. The van der Waals surface area contributed by atoms with Gasteiger partial charge in [0.2, 0.25) is 5.91 Å². The van der Waals surface area contributed by atoms with Gasteiger partial charge in [-0.15, -0.1) is 0 Å². The summed E-state index contributed by atoms with van der Waals surface area (Å²) in [5.41, 5.74) is 6.49. The van der Waals surface area contributed by atoms with E-state index in [-0.39, 0.29) is 5.91 Å². The van der Waals surface area contributed by atoms with Gasteiger partial charge < -0.3 is 15.1 Å². The van der Waals surface area contributed by atoms with Crippen molar-refractivity contribution in [3.05, 3.63) is 78.6 Å². The first-order valence-corrected chi connectivity index (χ1v) is 11.3. The number of benzene rings is 3. The SMILES string of the molecule is CC(=O)Nc1ccc(-c2ccc3ncnc(N4CCN(c5ccc(C)cc5)CC4)c3c2)cc1. The highest BCUT2D eigenvalue weighted by Crippen LogP contribution is 2.30. The molecule has 4 aromatic rings. The van der Waals surface area contributed by atoms with Crippen molar-refractivity contribution in [1.29, 1.82) is 0 Å². The van der Waals surface area contributed by atoms with Crippen LogP contribution in [0, 0.1) is 6.92 Å². The number of anilines is 3. The highest BCUT2D eigenvalue weighted by atomic mass is 16.1. The van der Waals surface area contributed by atoms with Crippen molar-refractivity contribution >= 4 is 34.0 Å². The highest BCUT2D eigenvalue weighted by Gasteiger charge is 2.20. The van der Waals surface area contributed by atoms with Crippen molar-refractivity contribution in [2.24, 2.45) is 0 Å². The lowest BCUT2D eigenvalue weighted by Gasteiger charge is -2.37. The fraction of sp³-hybridized carbons (Fsp3) is 0.222. The van der Waals surface area contributed by atoms with Crippen molar-refractivity contribution in [2.75, 3.05) is 41.3 Å². The minimum atomic E-state index is -0.0716. The second kappa shape index (κ2) is 8.90. The largest absolute Gasteiger partial charge is 0.368 e. The van der Waals surface area contributed by atoms with E-state index in [1.807, 2.05) is 24.3 Å². The zero-order valence-electron chi connectivity index (χ0n) is 19.0. The van der Waals surface area contributed by atoms with Gasteiger partial charge in [-0.05, 0) is 54.4 Å². The molecule has 0 unspecified atom stereocenters. The number of nitrogens with zero attached hydrogens (tertiary/aromatic N) is 4. The molecule has 1 fully saturated rings. The van der Waals surface area contributed by atoms with E-state index in [1.165, 1.54) is 18.2 Å². The lowest BCUT2D eigenvalue weighted by atomic mass is 10.0. The van der Waals surface area contributed by atoms with Crippen LogP contribution in [0.4, 0.5) is 17.2 Å². The molecule has 1 saturated heterocycles. The van der Waals surface area contributed by atoms with Crippen LogP contribution in [-0.2, 0) is 4.79 Å². The van der Waals surface area contributed by atoms with Gasteiger partial charge in [0.1, 0.15) is 12.1 Å². The minimum absolute atomic E-state index is 0.0716. The summed E-state index contributed by atoms with van der Waals surface area (Å²) >= 11 is 0. The van der Waals surface area contributed by atoms with Gasteiger partial charge in [0.15, 0.2) is 0 Å². The molecule has 0 bridgehead atoms. The van der Waals surface area contributed by atoms with Gasteiger partial charge in [0.05, 0.1) is 5.52 Å². The summed E-state index contributed by atoms with van der Waals surface area (Å²) in [5.74, 6) is 0.915. The molecule has 0 spiro atoms. The Morgan fingerprint density at radius 1 is 0.818 bits per heavy atom. The highest BCUT2D eigenvalue weighted by molar-refractivity contribution is 5.93. The number of amides is 1. The van der Waals surface area contributed by atoms with Crippen molar-refractivity contribution in [1.82, 2.24) is 9.97 Å². The molecule has 1 N–H and O–H groups in total. The van der Waals surface area contributed by atoms with E-state index in [9.17, 15) is 4.79 Å². The van der Waals surface area contributed by atoms with Crippen LogP contribution < -0.4 is 15.1 Å². The standard InChI is InChI=1S/C27H27N5O/c1-19-3-10-24(11-4-19)31-13-15-32(16-14-31)27-25-17-22(7-12-26(25)28-18-29-27)21-5-8-23(9-6-21)30-20(2)33/h3-12,17-18H,13-16H2,1-2H3,(H,30,33). The number of carbonyl (C=O) groups is 1. The molecule has 166 valence electrons. The van der Waals surface area contributed by atoms with Crippen molar-refractivity contribution in [3.8, 4) is 11.1 Å². The molecule has 6 heteroatoms. The first kappa shape index (κ1) is 20.9. The number of carbonyl (C=O) groups excluding carboxylic acids is 1. The molecular formula is C27H27N5O. The zero-order chi connectivity index (χ0) is 22.8. The topological polar surface area (TPSA) is 61.4 Å². The fourth-order valence-electron chi connectivity index (χ4n) is 4.36. The van der Waals surface area contributed by atoms with Crippen molar-refractivity contribution in [2.45, 2.75) is 13.8 Å². The Morgan fingerprint density at radius 3 is 2.18 bits per heavy atom. The molecule has 6 nitrogen and oxygen atoms in total. The summed E-state index contributed by atoms with van der Waals surface area (Å²) in [4.78, 5) is 25.2. The van der Waals surface area contributed by atoms with Crippen LogP contribution in [0.15, 0.2) is 73.1 Å². The molecule has 2 heterocycles. The van der Waals surface area contributed by atoms with Crippen LogP contribution in [0.25, 0.3) is 22.0 Å². The number of aryl methyl sites for hydroxylation is 1. The van der Waals surface area contributed by atoms with Crippen LogP contribution in [0.2, 0.25) is 0 Å². The maximum absolute atomic E-state index is 11.3. The van der Waals surface area contributed by atoms with E-state index in [0.29, 0.717) is 0 Å². The first-order valence-electron chi connectivity index (χ1n) is 11.3. The third kappa shape index (κ3) is 4.51. The predicted octanol–water partition coefficient (Wildman–Crippen LogP) is 4.89. The minimum Gasteiger partial charge on any atom is -0.368 e. The zero-order valence-corrected chi connectivity index (χ0v) is 19.0. The average molecular weight is 438 g/mol. The van der Waals surface area contributed by atoms with E-state index in [0.717, 1.165) is 59.7 Å². The lowest BCUT2D eigenvalue weighted by Crippen LogP contribution is -2.46. The molecule has 0 atom stereocenters. The van der Waals surface area contributed by atoms with E-state index >= 15 is 0 Å². The van der Waals surface area contributed by atoms with Gasteiger partial charge in [0, 0.05) is 49.9 Å². The van der Waals surface area contributed by atoms with Gasteiger partial charge in [-0.25, -0.2) is 9.97 Å². The summed E-state index contributed by atoms with van der Waals surface area (Å²) in [5, 5.41) is 3.87. The lowest BCUT2D eigenvalue weighted by molar-refractivity contribution is -0.114. The summed E-state index contributed by atoms with van der Waals surface area (Å²) in [6.45, 7) is 7.37. The Balaban J connectivity index is 1.39. The number of hydrogen-bond acceptors (Lipinski definition) is 5. The number of rotatable bonds is 4. The fourth-order valence-corrected chi connectivity index (χ4v) is 4.36. The normalized spacial score (nSPS) is 13.9. The van der Waals surface area contributed by atoms with Crippen molar-refractivity contribution < 1.29 is 4.79 Å². The molecule has 1 aliphatic rings. The Bertz CT molecular complexity index is 1280. The Labute approximate surface area is 193 Å². The summed E-state index contributed by atoms with van der Waals surface area (Å²) in [7, 11) is 0. The van der Waals surface area contributed by atoms with Gasteiger partial charge in [-0.1, -0.05) is 35.9 Å². The molecule has 0 aliphatic carbocycles. The van der Waals surface area contributed by atoms with Crippen LogP contribution in [0.3, 0.4) is 0 Å². The third-order valence-electron chi connectivity index (χ3n) is 6.13. The summed E-state index contributed by atoms with van der Waals surface area (Å²) < 4.78 is 0. The maximum atomic E-state index is 11.3. The number of hydrogen-bond donors (Lipinski definition) is 1. The molecule has 33 heavy (non-hydrogen) atoms. The van der Waals surface area contributed by atoms with E-state index in [2.05, 4.69) is 74.5 Å². The summed E-state index contributed by atoms with van der Waals surface area (Å²) in [6.07, 6.45) is 1.66. The molecule has 0 saturated carbocycles. The van der Waals surface area contributed by atoms with Crippen LogP contribution in [0.5, 0.6) is 0 Å². The smallest absolute Gasteiger partial charge is 0.221 e. The number of nitrogens with one attached hydrogen (secondary N) is 1. The Hall–Kier alpha value is -3.93.